The number of aromatic nitrogens is 2. The van der Waals surface area contributed by atoms with E-state index in [1.807, 2.05) is 0 Å². The molecule has 2 aliphatic rings. The molecule has 1 fully saturated rings. The fourth-order valence-corrected chi connectivity index (χ4v) is 3.57. The molecule has 0 spiro atoms. The average Bonchev–Trinajstić information content (AvgIpc) is 2.65. The maximum Gasteiger partial charge on any atom is 0.133 e. The number of nitrogens with zero attached hydrogens (tertiary/aromatic N) is 2. The number of hydrogen-bond acceptors (Lipinski definition) is 3. The van der Waals surface area contributed by atoms with Crippen LogP contribution in [-0.2, 0) is 12.8 Å². The van der Waals surface area contributed by atoms with E-state index in [0.717, 1.165) is 30.5 Å². The first kappa shape index (κ1) is 12.9. The van der Waals surface area contributed by atoms with Gasteiger partial charge in [-0.2, -0.15) is 0 Å². The Bertz CT molecular complexity index is 444. The van der Waals surface area contributed by atoms with Crippen molar-refractivity contribution < 1.29 is 0 Å². The number of nitrogens with one attached hydrogen (secondary N) is 1. The van der Waals surface area contributed by atoms with Crippen molar-refractivity contribution in [1.82, 2.24) is 9.97 Å². The molecule has 0 aromatic carbocycles. The fraction of sp³-hybridized carbons (Fsp3) is 0.750. The highest BCUT2D eigenvalue weighted by atomic mass is 15.0. The third kappa shape index (κ3) is 2.60. The zero-order valence-corrected chi connectivity index (χ0v) is 12.2. The van der Waals surface area contributed by atoms with Crippen LogP contribution in [0.5, 0.6) is 0 Å². The summed E-state index contributed by atoms with van der Waals surface area (Å²) in [5.74, 6) is 2.70. The van der Waals surface area contributed by atoms with E-state index in [4.69, 9.17) is 0 Å². The van der Waals surface area contributed by atoms with E-state index in [1.165, 1.54) is 43.4 Å². The van der Waals surface area contributed by atoms with Crippen LogP contribution in [0.25, 0.3) is 0 Å². The number of fused-ring (bicyclic) bond motifs is 1. The third-order valence-corrected chi connectivity index (χ3v) is 5.16. The molecule has 1 saturated carbocycles. The van der Waals surface area contributed by atoms with Crippen molar-refractivity contribution in [3.8, 4) is 0 Å². The van der Waals surface area contributed by atoms with Crippen molar-refractivity contribution >= 4 is 5.82 Å². The molecule has 0 bridgehead atoms. The van der Waals surface area contributed by atoms with Crippen molar-refractivity contribution in [2.24, 2.45) is 11.8 Å². The van der Waals surface area contributed by atoms with Crippen LogP contribution >= 0.6 is 0 Å². The smallest absolute Gasteiger partial charge is 0.133 e. The molecule has 0 aliphatic heterocycles. The zero-order valence-electron chi connectivity index (χ0n) is 12.2. The van der Waals surface area contributed by atoms with E-state index in [9.17, 15) is 0 Å². The van der Waals surface area contributed by atoms with Crippen molar-refractivity contribution in [2.45, 2.75) is 64.8 Å². The summed E-state index contributed by atoms with van der Waals surface area (Å²) in [6.45, 7) is 4.74. The molecule has 0 saturated heterocycles. The summed E-state index contributed by atoms with van der Waals surface area (Å²) in [5.41, 5.74) is 2.68. The summed E-state index contributed by atoms with van der Waals surface area (Å²) in [7, 11) is 0. The predicted octanol–water partition coefficient (Wildman–Crippen LogP) is 3.59. The number of anilines is 1. The Labute approximate surface area is 116 Å². The SMILES string of the molecule is CC1CCC(Nc2ncnc3c2CCCCC3)C1C. The van der Waals surface area contributed by atoms with Crippen LogP contribution in [0.2, 0.25) is 0 Å². The maximum atomic E-state index is 4.53. The second-order valence-electron chi connectivity index (χ2n) is 6.37. The van der Waals surface area contributed by atoms with E-state index in [-0.39, 0.29) is 0 Å². The first-order chi connectivity index (χ1) is 9.25. The maximum absolute atomic E-state index is 4.53. The summed E-state index contributed by atoms with van der Waals surface area (Å²) >= 11 is 0. The van der Waals surface area contributed by atoms with E-state index in [1.54, 1.807) is 6.33 Å². The molecular formula is C16H25N3. The van der Waals surface area contributed by atoms with Crippen molar-refractivity contribution in [2.75, 3.05) is 5.32 Å². The predicted molar refractivity (Wildman–Crippen MR) is 78.3 cm³/mol. The van der Waals surface area contributed by atoms with Crippen LogP contribution in [0, 0.1) is 11.8 Å². The van der Waals surface area contributed by atoms with Gasteiger partial charge in [0.25, 0.3) is 0 Å². The van der Waals surface area contributed by atoms with Gasteiger partial charge in [-0.25, -0.2) is 9.97 Å². The van der Waals surface area contributed by atoms with E-state index < -0.39 is 0 Å². The van der Waals surface area contributed by atoms with Crippen LogP contribution in [-0.4, -0.2) is 16.0 Å². The monoisotopic (exact) mass is 259 g/mol. The van der Waals surface area contributed by atoms with Gasteiger partial charge in [0, 0.05) is 17.3 Å². The van der Waals surface area contributed by atoms with Gasteiger partial charge in [0.2, 0.25) is 0 Å². The molecule has 3 rings (SSSR count). The van der Waals surface area contributed by atoms with Crippen molar-refractivity contribution in [1.29, 1.82) is 0 Å². The minimum atomic E-state index is 0.595. The van der Waals surface area contributed by atoms with Gasteiger partial charge in [0.15, 0.2) is 0 Å². The van der Waals surface area contributed by atoms with E-state index >= 15 is 0 Å². The molecule has 2 aliphatic carbocycles. The second kappa shape index (κ2) is 5.48. The van der Waals surface area contributed by atoms with E-state index in [2.05, 4.69) is 29.1 Å². The molecule has 3 nitrogen and oxygen atoms in total. The molecule has 0 radical (unpaired) electrons. The molecule has 19 heavy (non-hydrogen) atoms. The van der Waals surface area contributed by atoms with Crippen LogP contribution in [0.1, 0.15) is 57.2 Å². The lowest BCUT2D eigenvalue weighted by molar-refractivity contribution is 0.435. The first-order valence-electron chi connectivity index (χ1n) is 7.85. The number of hydrogen-bond donors (Lipinski definition) is 1. The van der Waals surface area contributed by atoms with E-state index in [0.29, 0.717) is 6.04 Å². The van der Waals surface area contributed by atoms with Crippen LogP contribution in [0.3, 0.4) is 0 Å². The summed E-state index contributed by atoms with van der Waals surface area (Å²) in [4.78, 5) is 9.03. The molecule has 1 aromatic rings. The minimum Gasteiger partial charge on any atom is -0.367 e. The Kier molecular flexibility index (Phi) is 3.72. The summed E-state index contributed by atoms with van der Waals surface area (Å²) in [5, 5.41) is 3.73. The fourth-order valence-electron chi connectivity index (χ4n) is 3.57. The van der Waals surface area contributed by atoms with Crippen molar-refractivity contribution in [3.63, 3.8) is 0 Å². The summed E-state index contributed by atoms with van der Waals surface area (Å²) in [6, 6.07) is 0.595. The van der Waals surface area contributed by atoms with Gasteiger partial charge >= 0.3 is 0 Å². The Morgan fingerprint density at radius 1 is 1.05 bits per heavy atom. The quantitative estimate of drug-likeness (QED) is 0.825. The Balaban J connectivity index is 1.81. The average molecular weight is 259 g/mol. The van der Waals surface area contributed by atoms with Gasteiger partial charge in [0.1, 0.15) is 12.1 Å². The highest BCUT2D eigenvalue weighted by Gasteiger charge is 2.30. The Morgan fingerprint density at radius 2 is 1.89 bits per heavy atom. The molecular weight excluding hydrogens is 234 g/mol. The lowest BCUT2D eigenvalue weighted by atomic mass is 9.97. The van der Waals surface area contributed by atoms with Gasteiger partial charge in [-0.05, 0) is 50.4 Å². The van der Waals surface area contributed by atoms with Crippen LogP contribution in [0.15, 0.2) is 6.33 Å². The first-order valence-corrected chi connectivity index (χ1v) is 7.85. The highest BCUT2D eigenvalue weighted by molar-refractivity contribution is 5.47. The topological polar surface area (TPSA) is 37.8 Å². The van der Waals surface area contributed by atoms with Gasteiger partial charge in [-0.1, -0.05) is 20.3 Å². The van der Waals surface area contributed by atoms with Crippen LogP contribution < -0.4 is 5.32 Å². The minimum absolute atomic E-state index is 0.595. The summed E-state index contributed by atoms with van der Waals surface area (Å²) < 4.78 is 0. The standard InChI is InChI=1S/C16H25N3/c1-11-8-9-14(12(11)2)19-16-13-6-4-3-5-7-15(13)17-10-18-16/h10-12,14H,3-9H2,1-2H3,(H,17,18,19). The third-order valence-electron chi connectivity index (χ3n) is 5.16. The number of rotatable bonds is 2. The molecule has 3 unspecified atom stereocenters. The van der Waals surface area contributed by atoms with Gasteiger partial charge in [-0.3, -0.25) is 0 Å². The lowest BCUT2D eigenvalue weighted by Gasteiger charge is -2.22. The molecule has 104 valence electrons. The molecule has 1 aromatic heterocycles. The van der Waals surface area contributed by atoms with Crippen LogP contribution in [0.4, 0.5) is 5.82 Å². The molecule has 1 heterocycles. The molecule has 3 heteroatoms. The lowest BCUT2D eigenvalue weighted by Crippen LogP contribution is -2.25. The molecule has 1 N–H and O–H groups in total. The largest absolute Gasteiger partial charge is 0.367 e. The molecule has 3 atom stereocenters. The molecule has 0 amide bonds. The second-order valence-corrected chi connectivity index (χ2v) is 6.37. The number of aryl methyl sites for hydroxylation is 1. The van der Waals surface area contributed by atoms with Gasteiger partial charge in [0.05, 0.1) is 0 Å². The van der Waals surface area contributed by atoms with Crippen molar-refractivity contribution in [3.05, 3.63) is 17.6 Å². The van der Waals surface area contributed by atoms with Gasteiger partial charge < -0.3 is 5.32 Å². The zero-order chi connectivity index (χ0) is 13.2. The summed E-state index contributed by atoms with van der Waals surface area (Å²) in [6.07, 6.45) is 10.5. The Hall–Kier alpha value is -1.12. The van der Waals surface area contributed by atoms with Gasteiger partial charge in [-0.15, -0.1) is 0 Å². The highest BCUT2D eigenvalue weighted by Crippen LogP contribution is 2.34. The Morgan fingerprint density at radius 3 is 2.68 bits per heavy atom. The normalized spacial score (nSPS) is 30.7.